The fraction of sp³-hybridized carbons (Fsp3) is 0.455. The smallest absolute Gasteiger partial charge is 0.142 e. The average molecular weight is 431 g/mol. The first kappa shape index (κ1) is 22.2. The van der Waals surface area contributed by atoms with Crippen LogP contribution in [0.25, 0.3) is 11.3 Å². The number of halogens is 1. The highest BCUT2D eigenvalue weighted by Gasteiger charge is 2.24. The number of benzene rings is 1. The molecule has 2 aliphatic rings. The molecule has 2 atom stereocenters. The van der Waals surface area contributed by atoms with E-state index in [2.05, 4.69) is 16.4 Å². The number of nitrogens with one attached hydrogen (secondary N) is 1. The molecule has 2 unspecified atom stereocenters. The molecule has 1 aromatic heterocycles. The Labute approximate surface area is 182 Å². The summed E-state index contributed by atoms with van der Waals surface area (Å²) in [5.74, 6) is 0.965. The molecule has 30 heavy (non-hydrogen) atoms. The highest BCUT2D eigenvalue weighted by molar-refractivity contribution is 5.85. The van der Waals surface area contributed by atoms with Crippen LogP contribution in [0.15, 0.2) is 24.3 Å². The second-order valence-corrected chi connectivity index (χ2v) is 7.61. The van der Waals surface area contributed by atoms with Crippen molar-refractivity contribution >= 4 is 18.2 Å². The lowest BCUT2D eigenvalue weighted by Gasteiger charge is -2.25. The molecular formula is C22H27ClN4O3. The number of phenols is 1. The molecule has 0 aliphatic carbocycles. The van der Waals surface area contributed by atoms with Crippen molar-refractivity contribution in [3.63, 3.8) is 0 Å². The van der Waals surface area contributed by atoms with Crippen LogP contribution < -0.4 is 15.8 Å². The maximum absolute atomic E-state index is 10.6. The SMILES string of the molecule is Cl.N#Cc1c(C2CCCNC2)cc(-c2c(O)cccc2OCC2CCCO2)nc1N. The van der Waals surface area contributed by atoms with Gasteiger partial charge in [0.2, 0.25) is 0 Å². The summed E-state index contributed by atoms with van der Waals surface area (Å²) in [6.07, 6.45) is 4.09. The summed E-state index contributed by atoms with van der Waals surface area (Å²) >= 11 is 0. The third kappa shape index (κ3) is 4.62. The molecule has 2 aliphatic heterocycles. The van der Waals surface area contributed by atoms with Gasteiger partial charge in [0.05, 0.1) is 22.9 Å². The van der Waals surface area contributed by atoms with E-state index in [1.807, 2.05) is 12.1 Å². The maximum Gasteiger partial charge on any atom is 0.142 e. The van der Waals surface area contributed by atoms with E-state index in [0.29, 0.717) is 29.2 Å². The lowest BCUT2D eigenvalue weighted by Crippen LogP contribution is -2.29. The Morgan fingerprint density at radius 3 is 2.90 bits per heavy atom. The van der Waals surface area contributed by atoms with Gasteiger partial charge in [-0.05, 0) is 61.9 Å². The van der Waals surface area contributed by atoms with Crippen LogP contribution >= 0.6 is 12.4 Å². The second kappa shape index (κ2) is 9.98. The number of aromatic nitrogens is 1. The lowest BCUT2D eigenvalue weighted by atomic mass is 9.88. The van der Waals surface area contributed by atoms with Crippen molar-refractivity contribution in [3.8, 4) is 28.8 Å². The molecule has 0 saturated carbocycles. The normalized spacial score (nSPS) is 20.9. The number of ether oxygens (including phenoxy) is 2. The number of aromatic hydroxyl groups is 1. The predicted molar refractivity (Wildman–Crippen MR) is 117 cm³/mol. The minimum absolute atomic E-state index is 0. The molecule has 0 spiro atoms. The van der Waals surface area contributed by atoms with Gasteiger partial charge < -0.3 is 25.6 Å². The molecule has 0 amide bonds. The molecule has 4 N–H and O–H groups in total. The Balaban J connectivity index is 0.00000256. The zero-order chi connectivity index (χ0) is 20.2. The van der Waals surface area contributed by atoms with E-state index in [1.54, 1.807) is 12.1 Å². The van der Waals surface area contributed by atoms with Gasteiger partial charge in [-0.3, -0.25) is 0 Å². The molecule has 1 aromatic carbocycles. The van der Waals surface area contributed by atoms with Gasteiger partial charge in [0, 0.05) is 13.2 Å². The molecular weight excluding hydrogens is 404 g/mol. The summed E-state index contributed by atoms with van der Waals surface area (Å²) in [6, 6.07) is 9.23. The molecule has 2 saturated heterocycles. The fourth-order valence-electron chi connectivity index (χ4n) is 4.13. The quantitative estimate of drug-likeness (QED) is 0.666. The molecule has 0 radical (unpaired) electrons. The van der Waals surface area contributed by atoms with Crippen molar-refractivity contribution in [1.82, 2.24) is 10.3 Å². The zero-order valence-corrected chi connectivity index (χ0v) is 17.6. The van der Waals surface area contributed by atoms with Crippen molar-refractivity contribution in [2.24, 2.45) is 0 Å². The first-order chi connectivity index (χ1) is 14.2. The molecule has 0 bridgehead atoms. The Kier molecular flexibility index (Phi) is 7.38. The predicted octanol–water partition coefficient (Wildman–Crippen LogP) is 3.35. The Morgan fingerprint density at radius 2 is 2.20 bits per heavy atom. The van der Waals surface area contributed by atoms with E-state index in [0.717, 1.165) is 50.9 Å². The van der Waals surface area contributed by atoms with Crippen molar-refractivity contribution in [1.29, 1.82) is 5.26 Å². The largest absolute Gasteiger partial charge is 0.507 e. The topological polar surface area (TPSA) is 113 Å². The number of rotatable bonds is 5. The molecule has 3 heterocycles. The van der Waals surface area contributed by atoms with Gasteiger partial charge in [-0.15, -0.1) is 12.4 Å². The van der Waals surface area contributed by atoms with Crippen molar-refractivity contribution in [2.45, 2.75) is 37.7 Å². The van der Waals surface area contributed by atoms with E-state index in [-0.39, 0.29) is 36.0 Å². The molecule has 2 aromatic rings. The highest BCUT2D eigenvalue weighted by Crippen LogP contribution is 2.40. The number of anilines is 1. The van der Waals surface area contributed by atoms with Crippen molar-refractivity contribution in [2.75, 3.05) is 32.0 Å². The highest BCUT2D eigenvalue weighted by atomic mass is 35.5. The van der Waals surface area contributed by atoms with E-state index >= 15 is 0 Å². The van der Waals surface area contributed by atoms with Crippen LogP contribution in [0, 0.1) is 11.3 Å². The first-order valence-electron chi connectivity index (χ1n) is 10.2. The van der Waals surface area contributed by atoms with Gasteiger partial charge in [-0.1, -0.05) is 6.07 Å². The molecule has 160 valence electrons. The monoisotopic (exact) mass is 430 g/mol. The standard InChI is InChI=1S/C22H26N4O3.ClH/c23-11-17-16(14-4-2-8-25-12-14)10-18(26-22(17)24)21-19(27)6-1-7-20(21)29-13-15-5-3-9-28-15;/h1,6-7,10,14-15,25,27H,2-5,8-9,12-13H2,(H2,24,26);1H. The average Bonchev–Trinajstić information content (AvgIpc) is 3.26. The van der Waals surface area contributed by atoms with Crippen molar-refractivity contribution < 1.29 is 14.6 Å². The van der Waals surface area contributed by atoms with E-state index < -0.39 is 0 Å². The maximum atomic E-state index is 10.6. The summed E-state index contributed by atoms with van der Waals surface area (Å²) in [5.41, 5.74) is 8.45. The summed E-state index contributed by atoms with van der Waals surface area (Å²) < 4.78 is 11.6. The van der Waals surface area contributed by atoms with Gasteiger partial charge in [0.25, 0.3) is 0 Å². The molecule has 2 fully saturated rings. The molecule has 7 nitrogen and oxygen atoms in total. The number of hydrogen-bond acceptors (Lipinski definition) is 7. The lowest BCUT2D eigenvalue weighted by molar-refractivity contribution is 0.0681. The van der Waals surface area contributed by atoms with Crippen molar-refractivity contribution in [3.05, 3.63) is 35.4 Å². The summed E-state index contributed by atoms with van der Waals surface area (Å²) in [6.45, 7) is 2.95. The Hall–Kier alpha value is -2.53. The minimum Gasteiger partial charge on any atom is -0.507 e. The van der Waals surface area contributed by atoms with E-state index in [1.165, 1.54) is 0 Å². The van der Waals surface area contributed by atoms with Gasteiger partial charge in [0.1, 0.15) is 30.0 Å². The van der Waals surface area contributed by atoms with Crippen LogP contribution in [-0.4, -0.2) is 42.5 Å². The number of piperidine rings is 1. The first-order valence-corrected chi connectivity index (χ1v) is 10.2. The van der Waals surface area contributed by atoms with Crippen LogP contribution in [0.4, 0.5) is 5.82 Å². The van der Waals surface area contributed by atoms with Crippen LogP contribution in [0.1, 0.15) is 42.7 Å². The molecule has 8 heteroatoms. The zero-order valence-electron chi connectivity index (χ0n) is 16.8. The number of nitrogen functional groups attached to an aromatic ring is 1. The van der Waals surface area contributed by atoms with Gasteiger partial charge >= 0.3 is 0 Å². The summed E-state index contributed by atoms with van der Waals surface area (Å²) in [5, 5.41) is 23.6. The Morgan fingerprint density at radius 1 is 1.33 bits per heavy atom. The third-order valence-electron chi connectivity index (χ3n) is 5.64. The van der Waals surface area contributed by atoms with Crippen LogP contribution in [-0.2, 0) is 4.74 Å². The number of nitrogens with two attached hydrogens (primary N) is 1. The number of nitriles is 1. The van der Waals surface area contributed by atoms with Crippen LogP contribution in [0.3, 0.4) is 0 Å². The fourth-order valence-corrected chi connectivity index (χ4v) is 4.13. The second-order valence-electron chi connectivity index (χ2n) is 7.61. The molecule has 4 rings (SSSR count). The van der Waals surface area contributed by atoms with E-state index in [4.69, 9.17) is 15.2 Å². The number of nitrogens with zero attached hydrogens (tertiary/aromatic N) is 2. The number of hydrogen-bond donors (Lipinski definition) is 3. The number of phenolic OH excluding ortho intramolecular Hbond substituents is 1. The summed E-state index contributed by atoms with van der Waals surface area (Å²) in [7, 11) is 0. The Bertz CT molecular complexity index is 919. The summed E-state index contributed by atoms with van der Waals surface area (Å²) in [4.78, 5) is 4.43. The van der Waals surface area contributed by atoms with Gasteiger partial charge in [-0.25, -0.2) is 4.98 Å². The van der Waals surface area contributed by atoms with Gasteiger partial charge in [0.15, 0.2) is 0 Å². The minimum atomic E-state index is 0. The number of pyridine rings is 1. The van der Waals surface area contributed by atoms with Gasteiger partial charge in [-0.2, -0.15) is 5.26 Å². The van der Waals surface area contributed by atoms with Crippen LogP contribution in [0.5, 0.6) is 11.5 Å². The third-order valence-corrected chi connectivity index (χ3v) is 5.64. The van der Waals surface area contributed by atoms with Crippen LogP contribution in [0.2, 0.25) is 0 Å². The van der Waals surface area contributed by atoms with E-state index in [9.17, 15) is 10.4 Å².